The minimum Gasteiger partial charge on any atom is -0.508 e. The van der Waals surface area contributed by atoms with E-state index >= 15 is 0 Å². The Bertz CT molecular complexity index is 1930. The zero-order chi connectivity index (χ0) is 34.7. The summed E-state index contributed by atoms with van der Waals surface area (Å²) in [5.41, 5.74) is 12.8. The SMILES string of the molecule is CN(C)c1cc(-c2cccc3ccccc23)c(O)c2c1C[C@H]1C[C@H]3[C@H](N(C)C)C(=O)C(C(N)=O)=C(O)[C@@]3(O)C(=O)C1=C2O.Cl.NC(N)=O. The van der Waals surface area contributed by atoms with E-state index in [0.29, 0.717) is 11.1 Å². The molecule has 10 N–H and O–H groups in total. The Hall–Kier alpha value is -5.11. The quantitative estimate of drug-likeness (QED) is 0.199. The largest absolute Gasteiger partial charge is 0.508 e. The van der Waals surface area contributed by atoms with E-state index in [0.717, 1.165) is 22.0 Å². The Kier molecular flexibility index (Phi) is 9.55. The summed E-state index contributed by atoms with van der Waals surface area (Å²) in [6.07, 6.45) is 0.246. The van der Waals surface area contributed by atoms with Crippen LogP contribution >= 0.6 is 12.4 Å². The monoisotopic (exact) mass is 679 g/mol. The topological polar surface area (TPSA) is 234 Å². The molecule has 0 heterocycles. The van der Waals surface area contributed by atoms with Crippen LogP contribution in [-0.2, 0) is 20.8 Å². The molecule has 0 radical (unpaired) electrons. The molecular weight excluding hydrogens is 642 g/mol. The zero-order valence-corrected chi connectivity index (χ0v) is 27.5. The number of benzene rings is 3. The summed E-state index contributed by atoms with van der Waals surface area (Å²) in [6, 6.07) is 13.3. The van der Waals surface area contributed by atoms with Crippen molar-refractivity contribution in [2.45, 2.75) is 24.5 Å². The van der Waals surface area contributed by atoms with Crippen LogP contribution in [0, 0.1) is 11.8 Å². The number of aliphatic hydroxyl groups excluding tert-OH is 2. The molecule has 3 amide bonds. The van der Waals surface area contributed by atoms with Crippen LogP contribution in [-0.4, -0.2) is 88.7 Å². The molecule has 0 spiro atoms. The van der Waals surface area contributed by atoms with Crippen molar-refractivity contribution >= 4 is 58.1 Å². The van der Waals surface area contributed by atoms with Gasteiger partial charge in [0.05, 0.1) is 11.6 Å². The molecule has 6 rings (SSSR count). The molecule has 1 saturated carbocycles. The average molecular weight is 680 g/mol. The molecule has 0 saturated heterocycles. The Labute approximate surface area is 282 Å². The van der Waals surface area contributed by atoms with Gasteiger partial charge in [0.2, 0.25) is 5.78 Å². The number of carbonyl (C=O) groups is 4. The highest BCUT2D eigenvalue weighted by atomic mass is 35.5. The minimum absolute atomic E-state index is 0. The lowest BCUT2D eigenvalue weighted by Crippen LogP contribution is -2.65. The molecule has 3 aromatic carbocycles. The average Bonchev–Trinajstić information content (AvgIpc) is 2.98. The highest BCUT2D eigenvalue weighted by molar-refractivity contribution is 6.24. The van der Waals surface area contributed by atoms with Crippen LogP contribution in [0.5, 0.6) is 5.75 Å². The van der Waals surface area contributed by atoms with Crippen LogP contribution in [0.15, 0.2) is 65.4 Å². The van der Waals surface area contributed by atoms with Gasteiger partial charge in [0.1, 0.15) is 22.8 Å². The van der Waals surface area contributed by atoms with Crippen molar-refractivity contribution < 1.29 is 39.6 Å². The van der Waals surface area contributed by atoms with Gasteiger partial charge in [-0.2, -0.15) is 0 Å². The lowest BCUT2D eigenvalue weighted by molar-refractivity contribution is -0.153. The van der Waals surface area contributed by atoms with Crippen LogP contribution in [0.3, 0.4) is 0 Å². The van der Waals surface area contributed by atoms with E-state index in [2.05, 4.69) is 11.5 Å². The molecular formula is C34H38ClN5O8. The first-order chi connectivity index (χ1) is 22.0. The van der Waals surface area contributed by atoms with Crippen LogP contribution in [0.2, 0.25) is 0 Å². The molecule has 254 valence electrons. The number of nitrogens with two attached hydrogens (primary N) is 3. The van der Waals surface area contributed by atoms with E-state index in [-0.39, 0.29) is 42.1 Å². The number of phenolic OH excluding ortho intramolecular Hbond substituents is 1. The van der Waals surface area contributed by atoms with Crippen molar-refractivity contribution in [3.8, 4) is 16.9 Å². The Balaban J connectivity index is 0.000000986. The smallest absolute Gasteiger partial charge is 0.309 e. The van der Waals surface area contributed by atoms with Gasteiger partial charge in [0.25, 0.3) is 5.91 Å². The van der Waals surface area contributed by atoms with Crippen molar-refractivity contribution in [1.82, 2.24) is 4.90 Å². The van der Waals surface area contributed by atoms with Crippen molar-refractivity contribution in [1.29, 1.82) is 0 Å². The van der Waals surface area contributed by atoms with E-state index in [4.69, 9.17) is 10.5 Å². The van der Waals surface area contributed by atoms with Gasteiger partial charge in [-0.05, 0) is 60.8 Å². The molecule has 4 atom stereocenters. The minimum atomic E-state index is -2.68. The van der Waals surface area contributed by atoms with Gasteiger partial charge >= 0.3 is 6.03 Å². The van der Waals surface area contributed by atoms with Gasteiger partial charge in [-0.1, -0.05) is 42.5 Å². The van der Waals surface area contributed by atoms with E-state index in [1.165, 1.54) is 4.90 Å². The molecule has 0 aliphatic heterocycles. The molecule has 0 unspecified atom stereocenters. The number of rotatable bonds is 4. The molecule has 13 nitrogen and oxygen atoms in total. The number of aromatic hydroxyl groups is 1. The van der Waals surface area contributed by atoms with Crippen molar-refractivity contribution in [2.24, 2.45) is 29.0 Å². The zero-order valence-electron chi connectivity index (χ0n) is 26.7. The third-order valence-corrected chi connectivity index (χ3v) is 9.26. The fraction of sp³-hybridized carbons (Fsp3) is 0.294. The first-order valence-corrected chi connectivity index (χ1v) is 14.8. The number of primary amides is 3. The summed E-state index contributed by atoms with van der Waals surface area (Å²) in [6.45, 7) is 0. The maximum atomic E-state index is 14.2. The van der Waals surface area contributed by atoms with E-state index in [1.54, 1.807) is 14.1 Å². The number of aliphatic hydroxyl groups is 3. The molecule has 48 heavy (non-hydrogen) atoms. The Morgan fingerprint density at radius 2 is 1.52 bits per heavy atom. The second kappa shape index (κ2) is 12.8. The number of fused-ring (bicyclic) bond motifs is 4. The second-order valence-electron chi connectivity index (χ2n) is 12.4. The Morgan fingerprint density at radius 1 is 0.917 bits per heavy atom. The fourth-order valence-corrected chi connectivity index (χ4v) is 7.36. The van der Waals surface area contributed by atoms with Gasteiger partial charge in [-0.3, -0.25) is 19.3 Å². The molecule has 14 heteroatoms. The second-order valence-corrected chi connectivity index (χ2v) is 12.4. The summed E-state index contributed by atoms with van der Waals surface area (Å²) in [7, 11) is 6.84. The van der Waals surface area contributed by atoms with Gasteiger partial charge in [0, 0.05) is 36.8 Å². The summed E-state index contributed by atoms with van der Waals surface area (Å²) in [4.78, 5) is 52.1. The van der Waals surface area contributed by atoms with E-state index in [1.807, 2.05) is 67.5 Å². The summed E-state index contributed by atoms with van der Waals surface area (Å²) in [5, 5.41) is 48.4. The number of amides is 3. The van der Waals surface area contributed by atoms with Crippen LogP contribution < -0.4 is 22.1 Å². The normalized spacial score (nSPS) is 23.0. The summed E-state index contributed by atoms with van der Waals surface area (Å²) in [5.74, 6) is -6.71. The lowest BCUT2D eigenvalue weighted by Gasteiger charge is -2.50. The third kappa shape index (κ3) is 5.39. The van der Waals surface area contributed by atoms with Crippen LogP contribution in [0.1, 0.15) is 17.5 Å². The van der Waals surface area contributed by atoms with Crippen LogP contribution in [0.4, 0.5) is 10.5 Å². The molecule has 1 fully saturated rings. The van der Waals surface area contributed by atoms with Crippen molar-refractivity contribution in [3.63, 3.8) is 0 Å². The standard InChI is InChI=1S/C33H33N3O7.CH4N2O.ClH/c1-35(2)22-14-19(18-11-7-9-15-8-5-6-10-17(15)18)27(37)24-20(22)12-16-13-21-26(36(3)4)29(39)25(32(34)42)31(41)33(21,43)30(40)23(16)28(24)38;2-1(3)4;/h5-11,14,16,21,26,37-38,41,43H,12-13H2,1-4H3,(H2,34,42);(H4,2,3,4);1H/t16-,21-,26-,33-;;/m0../s1. The maximum absolute atomic E-state index is 14.2. The number of halogens is 1. The first-order valence-electron chi connectivity index (χ1n) is 14.8. The van der Waals surface area contributed by atoms with Gasteiger partial charge in [-0.25, -0.2) is 4.79 Å². The number of nitrogens with zero attached hydrogens (tertiary/aromatic N) is 2. The molecule has 0 bridgehead atoms. The third-order valence-electron chi connectivity index (χ3n) is 9.26. The number of ketones is 2. The van der Waals surface area contributed by atoms with Crippen molar-refractivity contribution in [2.75, 3.05) is 33.1 Å². The van der Waals surface area contributed by atoms with E-state index in [9.17, 15) is 34.8 Å². The lowest BCUT2D eigenvalue weighted by atomic mass is 9.57. The van der Waals surface area contributed by atoms with E-state index < -0.39 is 64.1 Å². The molecule has 3 aromatic rings. The number of Topliss-reactive ketones (excluding diaryl/α,β-unsaturated/α-hetero) is 2. The fourth-order valence-electron chi connectivity index (χ4n) is 7.36. The predicted molar refractivity (Wildman–Crippen MR) is 183 cm³/mol. The van der Waals surface area contributed by atoms with Crippen LogP contribution in [0.25, 0.3) is 27.7 Å². The number of anilines is 1. The molecule has 0 aromatic heterocycles. The number of hydrogen-bond acceptors (Lipinski definition) is 10. The van der Waals surface area contributed by atoms with Gasteiger partial charge in [-0.15, -0.1) is 12.4 Å². The first kappa shape index (κ1) is 35.7. The molecule has 3 aliphatic rings. The maximum Gasteiger partial charge on any atom is 0.309 e. The summed E-state index contributed by atoms with van der Waals surface area (Å²) < 4.78 is 0. The number of urea groups is 1. The number of carbonyl (C=O) groups excluding carboxylic acids is 4. The number of likely N-dealkylation sites (N-methyl/N-ethyl adjacent to an activating group) is 1. The van der Waals surface area contributed by atoms with Gasteiger partial charge in [0.15, 0.2) is 11.4 Å². The predicted octanol–water partition coefficient (Wildman–Crippen LogP) is 2.30. The number of phenols is 1. The number of hydrogen-bond donors (Lipinski definition) is 7. The highest BCUT2D eigenvalue weighted by Crippen LogP contribution is 2.55. The van der Waals surface area contributed by atoms with Gasteiger partial charge < -0.3 is 42.5 Å². The van der Waals surface area contributed by atoms with Crippen molar-refractivity contribution in [3.05, 3.63) is 76.6 Å². The molecule has 3 aliphatic carbocycles. The Morgan fingerprint density at radius 3 is 2.10 bits per heavy atom. The summed E-state index contributed by atoms with van der Waals surface area (Å²) >= 11 is 0. The highest BCUT2D eigenvalue weighted by Gasteiger charge is 2.64.